The molecule has 1 unspecified atom stereocenters. The van der Waals surface area contributed by atoms with Gasteiger partial charge in [-0.15, -0.1) is 11.8 Å². The van der Waals surface area contributed by atoms with E-state index in [9.17, 15) is 4.79 Å². The van der Waals surface area contributed by atoms with Crippen LogP contribution < -0.4 is 0 Å². The summed E-state index contributed by atoms with van der Waals surface area (Å²) in [5.41, 5.74) is 0.988. The van der Waals surface area contributed by atoms with Gasteiger partial charge in [-0.1, -0.05) is 52.3 Å². The van der Waals surface area contributed by atoms with E-state index >= 15 is 0 Å². The topological polar surface area (TPSA) is 26.3 Å². The maximum absolute atomic E-state index is 12.0. The first-order chi connectivity index (χ1) is 9.70. The molecule has 0 fully saturated rings. The Labute approximate surface area is 131 Å². The molecule has 20 heavy (non-hydrogen) atoms. The normalized spacial score (nSPS) is 11.9. The van der Waals surface area contributed by atoms with Crippen molar-refractivity contribution in [3.05, 3.63) is 64.6 Å². The fourth-order valence-electron chi connectivity index (χ4n) is 1.86. The Morgan fingerprint density at radius 2 is 1.95 bits per heavy atom. The molecular weight excluding hydrogens is 336 g/mol. The van der Waals surface area contributed by atoms with Crippen molar-refractivity contribution in [2.24, 2.45) is 0 Å². The fraction of sp³-hybridized carbons (Fsp3) is 0.188. The summed E-state index contributed by atoms with van der Waals surface area (Å²) >= 11 is 5.10. The Morgan fingerprint density at radius 1 is 1.20 bits per heavy atom. The molecule has 0 bridgehead atoms. The highest BCUT2D eigenvalue weighted by atomic mass is 79.9. The molecule has 0 saturated carbocycles. The van der Waals surface area contributed by atoms with E-state index in [4.69, 9.17) is 4.74 Å². The Morgan fingerprint density at radius 3 is 2.60 bits per heavy atom. The maximum atomic E-state index is 12.0. The molecule has 0 saturated heterocycles. The first kappa shape index (κ1) is 15.1. The molecule has 0 spiro atoms. The summed E-state index contributed by atoms with van der Waals surface area (Å²) in [7, 11) is 1.43. The van der Waals surface area contributed by atoms with Crippen molar-refractivity contribution in [3.63, 3.8) is 0 Å². The summed E-state index contributed by atoms with van der Waals surface area (Å²) in [6.07, 6.45) is 0. The van der Waals surface area contributed by atoms with Gasteiger partial charge in [0.25, 0.3) is 0 Å². The van der Waals surface area contributed by atoms with E-state index in [2.05, 4.69) is 15.9 Å². The smallest absolute Gasteiger partial charge is 0.313 e. The van der Waals surface area contributed by atoms with Crippen LogP contribution >= 0.6 is 27.7 Å². The predicted octanol–water partition coefficient (Wildman–Crippen LogP) is 4.50. The zero-order valence-electron chi connectivity index (χ0n) is 11.1. The van der Waals surface area contributed by atoms with Gasteiger partial charge in [0.1, 0.15) is 0 Å². The van der Waals surface area contributed by atoms with E-state index in [1.165, 1.54) is 7.11 Å². The third-order valence-corrected chi connectivity index (χ3v) is 4.48. The molecular formula is C16H15BrO2S. The van der Waals surface area contributed by atoms with Gasteiger partial charge < -0.3 is 4.74 Å². The Balaban J connectivity index is 2.11. The van der Waals surface area contributed by atoms with Gasteiger partial charge in [-0.2, -0.15) is 0 Å². The molecule has 2 aromatic carbocycles. The Hall–Kier alpha value is -1.26. The number of thioether (sulfide) groups is 1. The van der Waals surface area contributed by atoms with Crippen molar-refractivity contribution >= 4 is 33.7 Å². The number of methoxy groups -OCH3 is 1. The van der Waals surface area contributed by atoms with Crippen LogP contribution in [0.5, 0.6) is 0 Å². The maximum Gasteiger partial charge on any atom is 0.313 e. The second kappa shape index (κ2) is 7.50. The average Bonchev–Trinajstić information content (AvgIpc) is 2.48. The molecule has 0 heterocycles. The molecule has 0 radical (unpaired) electrons. The van der Waals surface area contributed by atoms with Crippen molar-refractivity contribution in [1.82, 2.24) is 0 Å². The first-order valence-electron chi connectivity index (χ1n) is 6.22. The second-order valence-corrected chi connectivity index (χ2v) is 6.26. The number of ether oxygens (including phenoxy) is 1. The second-order valence-electron chi connectivity index (χ2n) is 4.25. The van der Waals surface area contributed by atoms with Gasteiger partial charge in [-0.25, -0.2) is 0 Å². The molecule has 2 rings (SSSR count). The summed E-state index contributed by atoms with van der Waals surface area (Å²) in [5, 5.41) is 0. The van der Waals surface area contributed by atoms with Crippen LogP contribution in [0.3, 0.4) is 0 Å². The molecule has 104 valence electrons. The number of hydrogen-bond donors (Lipinski definition) is 0. The summed E-state index contributed by atoms with van der Waals surface area (Å²) in [4.78, 5) is 13.1. The number of halogens is 1. The number of rotatable bonds is 5. The molecule has 4 heteroatoms. The zero-order valence-corrected chi connectivity index (χ0v) is 13.5. The lowest BCUT2D eigenvalue weighted by atomic mass is 10.0. The lowest BCUT2D eigenvalue weighted by Crippen LogP contribution is -2.16. The van der Waals surface area contributed by atoms with Crippen molar-refractivity contribution in [2.75, 3.05) is 12.9 Å². The SMILES string of the molecule is COC(=O)C(CSc1cccc(Br)c1)c1ccccc1. The predicted molar refractivity (Wildman–Crippen MR) is 86.1 cm³/mol. The minimum Gasteiger partial charge on any atom is -0.469 e. The van der Waals surface area contributed by atoms with Crippen LogP contribution in [0.1, 0.15) is 11.5 Å². The molecule has 0 aliphatic carbocycles. The summed E-state index contributed by atoms with van der Waals surface area (Å²) in [5.74, 6) is 0.219. The van der Waals surface area contributed by atoms with Crippen LogP contribution in [-0.4, -0.2) is 18.8 Å². The fourth-order valence-corrected chi connectivity index (χ4v) is 3.49. The van der Waals surface area contributed by atoms with Gasteiger partial charge >= 0.3 is 5.97 Å². The minimum atomic E-state index is -0.245. The molecule has 2 nitrogen and oxygen atoms in total. The van der Waals surface area contributed by atoms with E-state index in [0.29, 0.717) is 5.75 Å². The van der Waals surface area contributed by atoms with Crippen LogP contribution in [0, 0.1) is 0 Å². The minimum absolute atomic E-state index is 0.196. The van der Waals surface area contributed by atoms with Gasteiger partial charge in [0, 0.05) is 15.1 Å². The lowest BCUT2D eigenvalue weighted by molar-refractivity contribution is -0.141. The standard InChI is InChI=1S/C16H15BrO2S/c1-19-16(18)15(12-6-3-2-4-7-12)11-20-14-9-5-8-13(17)10-14/h2-10,15H,11H2,1H3. The van der Waals surface area contributed by atoms with Crippen molar-refractivity contribution < 1.29 is 9.53 Å². The van der Waals surface area contributed by atoms with Gasteiger partial charge in [0.05, 0.1) is 13.0 Å². The molecule has 1 atom stereocenters. The number of benzene rings is 2. The van der Waals surface area contributed by atoms with Crippen LogP contribution in [0.4, 0.5) is 0 Å². The van der Waals surface area contributed by atoms with Gasteiger partial charge in [0.2, 0.25) is 0 Å². The van der Waals surface area contributed by atoms with Crippen LogP contribution in [0.25, 0.3) is 0 Å². The molecule has 0 N–H and O–H groups in total. The highest BCUT2D eigenvalue weighted by Crippen LogP contribution is 2.28. The zero-order chi connectivity index (χ0) is 14.4. The molecule has 2 aromatic rings. The highest BCUT2D eigenvalue weighted by Gasteiger charge is 2.21. The summed E-state index contributed by atoms with van der Waals surface area (Å²) in [6, 6.07) is 17.8. The quantitative estimate of drug-likeness (QED) is 0.586. The summed E-state index contributed by atoms with van der Waals surface area (Å²) in [6.45, 7) is 0. The van der Waals surface area contributed by atoms with Crippen molar-refractivity contribution in [2.45, 2.75) is 10.8 Å². The third kappa shape index (κ3) is 4.12. The number of carbonyl (C=O) groups is 1. The largest absolute Gasteiger partial charge is 0.469 e. The summed E-state index contributed by atoms with van der Waals surface area (Å²) < 4.78 is 5.96. The molecule has 0 aliphatic rings. The van der Waals surface area contributed by atoms with Crippen molar-refractivity contribution in [1.29, 1.82) is 0 Å². The van der Waals surface area contributed by atoms with Gasteiger partial charge in [0.15, 0.2) is 0 Å². The first-order valence-corrected chi connectivity index (χ1v) is 7.99. The number of esters is 1. The van der Waals surface area contributed by atoms with E-state index in [0.717, 1.165) is 14.9 Å². The van der Waals surface area contributed by atoms with Gasteiger partial charge in [-0.3, -0.25) is 4.79 Å². The monoisotopic (exact) mass is 350 g/mol. The highest BCUT2D eigenvalue weighted by molar-refractivity contribution is 9.10. The number of carbonyl (C=O) groups excluding carboxylic acids is 1. The molecule has 0 amide bonds. The van der Waals surface area contributed by atoms with E-state index in [1.54, 1.807) is 11.8 Å². The van der Waals surface area contributed by atoms with E-state index in [-0.39, 0.29) is 11.9 Å². The Kier molecular flexibility index (Phi) is 5.68. The van der Waals surface area contributed by atoms with Crippen LogP contribution in [-0.2, 0) is 9.53 Å². The Bertz CT molecular complexity index is 572. The number of hydrogen-bond acceptors (Lipinski definition) is 3. The van der Waals surface area contributed by atoms with E-state index in [1.807, 2.05) is 54.6 Å². The van der Waals surface area contributed by atoms with Crippen LogP contribution in [0.15, 0.2) is 64.0 Å². The van der Waals surface area contributed by atoms with E-state index < -0.39 is 0 Å². The van der Waals surface area contributed by atoms with Crippen molar-refractivity contribution in [3.8, 4) is 0 Å². The van der Waals surface area contributed by atoms with Crippen LogP contribution in [0.2, 0.25) is 0 Å². The van der Waals surface area contributed by atoms with Gasteiger partial charge in [-0.05, 0) is 23.8 Å². The lowest BCUT2D eigenvalue weighted by Gasteiger charge is -2.14. The average molecular weight is 351 g/mol. The molecule has 0 aromatic heterocycles. The third-order valence-electron chi connectivity index (χ3n) is 2.90. The molecule has 0 aliphatic heterocycles.